The standard InChI is InChI=1S/C98H88O4Si2/c1-11-13-15-17-19-21-27-73-63-85(95(97(99)101-3)87(65-73)77-51-41-69(42-52-77)57-59-103(5,6)7)75-47-37-67(38-48-75)33-35-71-45-55-83-89(61-71)93-81-31-25-23-29-79(81)91(83)94-82-32-26-24-30-80(82)92(93)84-56-46-72(62-90(84)94)36-34-68-39-49-76(50-40-68)86-64-74(28-22-20-18-16-14-12-2)66-88(96(86)98(100)102-4)78-53-43-70(44-54-78)58-60-104(8,9)10/h23-26,29-32,37-56,61-66,91-94H,11-20H2,1-10H3. The second-order valence-corrected chi connectivity index (χ2v) is 39.3. The first-order chi connectivity index (χ1) is 50.5. The van der Waals surface area contributed by atoms with E-state index in [1.807, 2.05) is 97.1 Å². The molecule has 4 bridgehead atoms. The van der Waals surface area contributed by atoms with Gasteiger partial charge in [-0.05, 0) is 199 Å². The summed E-state index contributed by atoms with van der Waals surface area (Å²) in [6, 6.07) is 73.0. The fourth-order valence-corrected chi connectivity index (χ4v) is 16.0. The highest BCUT2D eigenvalue weighted by Gasteiger charge is 2.50. The molecule has 0 amide bonds. The molecule has 6 aliphatic rings. The first-order valence-corrected chi connectivity index (χ1v) is 44.0. The zero-order chi connectivity index (χ0) is 72.5. The first kappa shape index (κ1) is 71.3. The first-order valence-electron chi connectivity index (χ1n) is 37.0. The van der Waals surface area contributed by atoms with E-state index in [1.165, 1.54) is 84.4 Å². The fraction of sp³-hybridized carbons (Fsp3) is 0.245. The largest absolute Gasteiger partial charge is 0.465 e. The normalized spacial score (nSPS) is 14.6. The van der Waals surface area contributed by atoms with Crippen LogP contribution in [0.25, 0.3) is 44.5 Å². The predicted octanol–water partition coefficient (Wildman–Crippen LogP) is 22.7. The van der Waals surface area contributed by atoms with E-state index in [9.17, 15) is 9.59 Å². The van der Waals surface area contributed by atoms with Crippen LogP contribution in [0.2, 0.25) is 39.3 Å². The Kier molecular flexibility index (Phi) is 21.7. The van der Waals surface area contributed by atoms with Gasteiger partial charge in [-0.3, -0.25) is 0 Å². The van der Waals surface area contributed by atoms with E-state index < -0.39 is 28.1 Å². The number of carbonyl (C=O) groups excluding carboxylic acids is 2. The minimum Gasteiger partial charge on any atom is -0.465 e. The lowest BCUT2D eigenvalue weighted by molar-refractivity contribution is 0.0593. The molecule has 0 saturated heterocycles. The van der Waals surface area contributed by atoms with Gasteiger partial charge in [0.25, 0.3) is 0 Å². The molecule has 10 aromatic rings. The summed E-state index contributed by atoms with van der Waals surface area (Å²) in [5.74, 6) is 34.2. The maximum absolute atomic E-state index is 14.0. The van der Waals surface area contributed by atoms with Crippen molar-refractivity contribution >= 4 is 28.1 Å². The second-order valence-electron chi connectivity index (χ2n) is 29.8. The Balaban J connectivity index is 0.812. The van der Waals surface area contributed by atoms with Gasteiger partial charge >= 0.3 is 11.9 Å². The van der Waals surface area contributed by atoms with Crippen LogP contribution < -0.4 is 0 Å². The summed E-state index contributed by atoms with van der Waals surface area (Å²) in [6.45, 7) is 17.9. The van der Waals surface area contributed by atoms with Crippen molar-refractivity contribution in [3.8, 4) is 115 Å². The van der Waals surface area contributed by atoms with Gasteiger partial charge in [0.15, 0.2) is 0 Å². The number of carbonyl (C=O) groups is 2. The van der Waals surface area contributed by atoms with E-state index in [0.717, 1.165) is 128 Å². The lowest BCUT2D eigenvalue weighted by atomic mass is 9.53. The van der Waals surface area contributed by atoms with Gasteiger partial charge in [0, 0.05) is 81.0 Å². The maximum Gasteiger partial charge on any atom is 0.339 e. The molecule has 0 aliphatic heterocycles. The highest BCUT2D eigenvalue weighted by Crippen LogP contribution is 2.64. The lowest BCUT2D eigenvalue weighted by Gasteiger charge is -2.50. The van der Waals surface area contributed by atoms with Gasteiger partial charge in [-0.25, -0.2) is 9.59 Å². The third kappa shape index (κ3) is 15.9. The van der Waals surface area contributed by atoms with Gasteiger partial charge in [-0.15, -0.1) is 11.1 Å². The summed E-state index contributed by atoms with van der Waals surface area (Å²) >= 11 is 0. The lowest BCUT2D eigenvalue weighted by Crippen LogP contribution is -2.35. The molecule has 0 spiro atoms. The van der Waals surface area contributed by atoms with Crippen LogP contribution in [0.15, 0.2) is 206 Å². The number of esters is 2. The fourth-order valence-electron chi connectivity index (χ4n) is 15.0. The molecule has 16 rings (SSSR count). The van der Waals surface area contributed by atoms with E-state index in [0.29, 0.717) is 11.1 Å². The Hall–Kier alpha value is -11.1. The number of unbranched alkanes of at least 4 members (excludes halogenated alkanes) is 8. The number of benzene rings is 10. The summed E-state index contributed by atoms with van der Waals surface area (Å²) in [6.07, 6.45) is 10.8. The molecule has 104 heavy (non-hydrogen) atoms. The molecule has 0 N–H and O–H groups in total. The van der Waals surface area contributed by atoms with Gasteiger partial charge in [0.05, 0.1) is 25.3 Å². The third-order valence-electron chi connectivity index (χ3n) is 20.0. The van der Waals surface area contributed by atoms with Gasteiger partial charge in [0.1, 0.15) is 16.1 Å². The molecule has 0 fully saturated rings. The number of hydrogen-bond acceptors (Lipinski definition) is 4. The second kappa shape index (κ2) is 31.7. The number of ether oxygens (including phenoxy) is 2. The minimum atomic E-state index is -1.58. The van der Waals surface area contributed by atoms with Gasteiger partial charge in [-0.2, -0.15) is 0 Å². The molecule has 4 atom stereocenters. The van der Waals surface area contributed by atoms with E-state index in [2.05, 4.69) is 233 Å². The van der Waals surface area contributed by atoms with Crippen LogP contribution in [0, 0.1) is 70.3 Å². The van der Waals surface area contributed by atoms with E-state index in [1.54, 1.807) is 0 Å². The summed E-state index contributed by atoms with van der Waals surface area (Å²) in [5, 5.41) is 0. The van der Waals surface area contributed by atoms with Crippen LogP contribution in [0.1, 0.15) is 211 Å². The van der Waals surface area contributed by atoms with Crippen molar-refractivity contribution < 1.29 is 19.1 Å². The topological polar surface area (TPSA) is 52.6 Å². The Labute approximate surface area is 619 Å². The summed E-state index contributed by atoms with van der Waals surface area (Å²) < 4.78 is 11.1. The van der Waals surface area contributed by atoms with E-state index >= 15 is 0 Å². The van der Waals surface area contributed by atoms with Crippen molar-refractivity contribution in [3.63, 3.8) is 0 Å². The zero-order valence-corrected chi connectivity index (χ0v) is 63.6. The molecule has 4 unspecified atom stereocenters. The average molecular weight is 1390 g/mol. The summed E-state index contributed by atoms with van der Waals surface area (Å²) in [5.41, 5.74) is 32.6. The van der Waals surface area contributed by atoms with Gasteiger partial charge < -0.3 is 9.47 Å². The van der Waals surface area contributed by atoms with Gasteiger partial charge in [0.2, 0.25) is 0 Å². The third-order valence-corrected chi connectivity index (χ3v) is 21.7. The number of methoxy groups -OCH3 is 2. The van der Waals surface area contributed by atoms with Crippen LogP contribution in [-0.2, 0) is 9.47 Å². The average Bonchev–Trinajstić information content (AvgIpc) is 0.687. The van der Waals surface area contributed by atoms with Crippen LogP contribution in [0.5, 0.6) is 0 Å². The maximum atomic E-state index is 14.0. The SMILES string of the molecule is CCCCCCC#Cc1cc(-c2ccc(C#Cc3ccc4c(c3)C3c5ccccc5C4C4c5ccccc5C3c3ccc(C#Cc5ccc(-c6cc(C#CCCCCCC)cc(-c7ccc(C#C[Si](C)(C)C)cc7)c6C(=O)OC)cc5)cc34)cc2)c(C(=O)OC)c(-c2ccc(C#C[Si](C)(C)C)cc2)c1. The highest BCUT2D eigenvalue weighted by molar-refractivity contribution is 6.84. The van der Waals surface area contributed by atoms with Crippen molar-refractivity contribution in [3.05, 3.63) is 306 Å². The quantitative estimate of drug-likeness (QED) is 0.0471. The van der Waals surface area contributed by atoms with Crippen LogP contribution in [0.3, 0.4) is 0 Å². The van der Waals surface area contributed by atoms with Crippen molar-refractivity contribution in [2.24, 2.45) is 0 Å². The predicted molar refractivity (Wildman–Crippen MR) is 434 cm³/mol. The molecule has 0 saturated carbocycles. The van der Waals surface area contributed by atoms with Crippen LogP contribution in [0.4, 0.5) is 0 Å². The monoisotopic (exact) mass is 1380 g/mol. The smallest absolute Gasteiger partial charge is 0.339 e. The number of hydrogen-bond donors (Lipinski definition) is 0. The summed E-state index contributed by atoms with van der Waals surface area (Å²) in [4.78, 5) is 28.1. The van der Waals surface area contributed by atoms with Crippen LogP contribution >= 0.6 is 0 Å². The van der Waals surface area contributed by atoms with E-state index in [-0.39, 0.29) is 23.7 Å². The molecule has 512 valence electrons. The molecule has 6 heteroatoms. The molecule has 0 aromatic heterocycles. The summed E-state index contributed by atoms with van der Waals surface area (Å²) in [7, 11) is -0.277. The van der Waals surface area contributed by atoms with Crippen LogP contribution in [-0.4, -0.2) is 42.3 Å². The Bertz CT molecular complexity index is 5020. The molecule has 0 heterocycles. The van der Waals surface area contributed by atoms with Gasteiger partial charge in [-0.1, -0.05) is 260 Å². The molecule has 10 aromatic carbocycles. The molecule has 6 aliphatic carbocycles. The zero-order valence-electron chi connectivity index (χ0n) is 61.6. The van der Waals surface area contributed by atoms with Crippen molar-refractivity contribution in [2.75, 3.05) is 14.2 Å². The van der Waals surface area contributed by atoms with E-state index in [4.69, 9.17) is 9.47 Å². The minimum absolute atomic E-state index is 0.0335. The Morgan fingerprint density at radius 1 is 0.308 bits per heavy atom. The highest BCUT2D eigenvalue weighted by atomic mass is 28.3. The molecule has 0 radical (unpaired) electrons. The Morgan fingerprint density at radius 2 is 0.587 bits per heavy atom. The van der Waals surface area contributed by atoms with Crippen molar-refractivity contribution in [1.82, 2.24) is 0 Å². The molecular formula is C98H88O4Si2. The molecule has 4 nitrogen and oxygen atoms in total. The Morgan fingerprint density at radius 3 is 0.885 bits per heavy atom. The number of rotatable bonds is 14. The van der Waals surface area contributed by atoms with Crippen molar-refractivity contribution in [2.45, 2.75) is 141 Å². The molecular weight excluding hydrogens is 1300 g/mol. The van der Waals surface area contributed by atoms with Crippen molar-refractivity contribution in [1.29, 1.82) is 0 Å².